The maximum Gasteiger partial charge on any atom is 0.328 e. The van der Waals surface area contributed by atoms with Crippen LogP contribution in [0.15, 0.2) is 0 Å². The quantitative estimate of drug-likeness (QED) is 0.233. The van der Waals surface area contributed by atoms with Gasteiger partial charge in [-0.15, -0.1) is 0 Å². The number of esters is 1. The SMILES string of the molecule is CCC[C@@H]([C@@H](CC(C)C)C(=O)N[C@@H](C)C(=O)OCC1CCCC1)N(O)C=O. The predicted octanol–water partition coefficient (Wildman–Crippen LogP) is 2.90. The molecule has 1 saturated carbocycles. The van der Waals surface area contributed by atoms with Crippen molar-refractivity contribution >= 4 is 18.3 Å². The van der Waals surface area contributed by atoms with Gasteiger partial charge in [0.2, 0.25) is 12.3 Å². The van der Waals surface area contributed by atoms with Gasteiger partial charge in [-0.3, -0.25) is 14.8 Å². The highest BCUT2D eigenvalue weighted by Crippen LogP contribution is 2.25. The minimum Gasteiger partial charge on any atom is -0.464 e. The van der Waals surface area contributed by atoms with Gasteiger partial charge in [0.05, 0.1) is 18.6 Å². The van der Waals surface area contributed by atoms with E-state index in [1.54, 1.807) is 6.92 Å². The molecule has 2 amide bonds. The van der Waals surface area contributed by atoms with Gasteiger partial charge in [-0.2, -0.15) is 0 Å². The van der Waals surface area contributed by atoms with Crippen LogP contribution < -0.4 is 5.32 Å². The lowest BCUT2D eigenvalue weighted by atomic mass is 9.87. The molecule has 0 aromatic carbocycles. The molecule has 0 aromatic rings. The van der Waals surface area contributed by atoms with Gasteiger partial charge >= 0.3 is 5.97 Å². The lowest BCUT2D eigenvalue weighted by molar-refractivity contribution is -0.170. The molecule has 0 saturated heterocycles. The third-order valence-electron chi connectivity index (χ3n) is 5.21. The van der Waals surface area contributed by atoms with Crippen LogP contribution in [0.3, 0.4) is 0 Å². The van der Waals surface area contributed by atoms with E-state index < -0.39 is 24.0 Å². The average molecular weight is 385 g/mol. The number of hydroxylamine groups is 2. The molecule has 0 unspecified atom stereocenters. The molecule has 1 fully saturated rings. The molecule has 3 atom stereocenters. The molecular weight excluding hydrogens is 348 g/mol. The minimum atomic E-state index is -0.765. The van der Waals surface area contributed by atoms with Crippen LogP contribution in [0.25, 0.3) is 0 Å². The zero-order valence-corrected chi connectivity index (χ0v) is 17.1. The Bertz CT molecular complexity index is 477. The number of hydrogen-bond donors (Lipinski definition) is 2. The summed E-state index contributed by atoms with van der Waals surface area (Å²) in [5.41, 5.74) is 0. The number of rotatable bonds is 12. The molecular formula is C20H36N2O5. The summed E-state index contributed by atoms with van der Waals surface area (Å²) in [7, 11) is 0. The Morgan fingerprint density at radius 2 is 1.89 bits per heavy atom. The first-order valence-corrected chi connectivity index (χ1v) is 10.2. The lowest BCUT2D eigenvalue weighted by Gasteiger charge is -2.31. The Labute approximate surface area is 162 Å². The number of hydrogen-bond acceptors (Lipinski definition) is 5. The highest BCUT2D eigenvalue weighted by Gasteiger charge is 2.34. The van der Waals surface area contributed by atoms with E-state index >= 15 is 0 Å². The van der Waals surface area contributed by atoms with E-state index in [0.29, 0.717) is 36.8 Å². The summed E-state index contributed by atoms with van der Waals surface area (Å²) in [5, 5.41) is 13.2. The maximum atomic E-state index is 12.8. The smallest absolute Gasteiger partial charge is 0.328 e. The summed E-state index contributed by atoms with van der Waals surface area (Å²) >= 11 is 0. The van der Waals surface area contributed by atoms with E-state index in [-0.39, 0.29) is 11.8 Å². The molecule has 0 aliphatic heterocycles. The van der Waals surface area contributed by atoms with Crippen molar-refractivity contribution in [2.45, 2.75) is 84.7 Å². The van der Waals surface area contributed by atoms with E-state index in [2.05, 4.69) is 5.32 Å². The molecule has 0 heterocycles. The monoisotopic (exact) mass is 384 g/mol. The van der Waals surface area contributed by atoms with Gasteiger partial charge in [0.25, 0.3) is 0 Å². The van der Waals surface area contributed by atoms with Gasteiger partial charge in [0, 0.05) is 0 Å². The molecule has 1 rings (SSSR count). The van der Waals surface area contributed by atoms with Crippen molar-refractivity contribution in [1.82, 2.24) is 10.4 Å². The van der Waals surface area contributed by atoms with Crippen LogP contribution in [-0.4, -0.2) is 47.2 Å². The Balaban J connectivity index is 2.69. The highest BCUT2D eigenvalue weighted by atomic mass is 16.5. The molecule has 7 heteroatoms. The Kier molecular flexibility index (Phi) is 10.4. The van der Waals surface area contributed by atoms with E-state index in [9.17, 15) is 19.6 Å². The Hall–Kier alpha value is -1.63. The number of ether oxygens (including phenoxy) is 1. The topological polar surface area (TPSA) is 95.9 Å². The lowest BCUT2D eigenvalue weighted by Crippen LogP contribution is -2.49. The molecule has 1 aliphatic rings. The van der Waals surface area contributed by atoms with E-state index in [1.165, 1.54) is 12.8 Å². The summed E-state index contributed by atoms with van der Waals surface area (Å²) in [5.74, 6) is -0.750. The summed E-state index contributed by atoms with van der Waals surface area (Å²) in [6, 6.07) is -1.38. The van der Waals surface area contributed by atoms with Gasteiger partial charge in [-0.1, -0.05) is 40.0 Å². The molecule has 0 bridgehead atoms. The van der Waals surface area contributed by atoms with Crippen molar-refractivity contribution < 1.29 is 24.3 Å². The van der Waals surface area contributed by atoms with Gasteiger partial charge in [0.15, 0.2) is 0 Å². The normalized spacial score (nSPS) is 18.0. The van der Waals surface area contributed by atoms with Crippen LogP contribution in [0.1, 0.15) is 72.6 Å². The van der Waals surface area contributed by atoms with Crippen LogP contribution in [0.5, 0.6) is 0 Å². The van der Waals surface area contributed by atoms with Crippen molar-refractivity contribution in [3.63, 3.8) is 0 Å². The molecule has 2 N–H and O–H groups in total. The van der Waals surface area contributed by atoms with Gasteiger partial charge < -0.3 is 10.1 Å². The largest absolute Gasteiger partial charge is 0.464 e. The molecule has 1 aliphatic carbocycles. The maximum absolute atomic E-state index is 12.8. The van der Waals surface area contributed by atoms with Crippen LogP contribution in [0.4, 0.5) is 0 Å². The van der Waals surface area contributed by atoms with Crippen molar-refractivity contribution in [1.29, 1.82) is 0 Å². The number of nitrogens with zero attached hydrogens (tertiary/aromatic N) is 1. The van der Waals surface area contributed by atoms with Crippen molar-refractivity contribution in [3.05, 3.63) is 0 Å². The third kappa shape index (κ3) is 7.87. The fourth-order valence-corrected chi connectivity index (χ4v) is 3.72. The first kappa shape index (κ1) is 23.4. The van der Waals surface area contributed by atoms with Crippen LogP contribution in [0.2, 0.25) is 0 Å². The second-order valence-corrected chi connectivity index (χ2v) is 8.09. The first-order chi connectivity index (χ1) is 12.8. The second kappa shape index (κ2) is 12.0. The van der Waals surface area contributed by atoms with Crippen molar-refractivity contribution in [2.24, 2.45) is 17.8 Å². The van der Waals surface area contributed by atoms with Crippen molar-refractivity contribution in [3.8, 4) is 0 Å². The fourth-order valence-electron chi connectivity index (χ4n) is 3.72. The van der Waals surface area contributed by atoms with E-state index in [1.807, 2.05) is 20.8 Å². The standard InChI is InChI=1S/C20H36N2O5/c1-5-8-18(22(26)13-23)17(11-14(2)3)19(24)21-15(4)20(25)27-12-16-9-6-7-10-16/h13-18,26H,5-12H2,1-4H3,(H,21,24)/t15-,17+,18-/m0/s1. The number of amides is 2. The second-order valence-electron chi connectivity index (χ2n) is 8.09. The Morgan fingerprint density at radius 1 is 1.26 bits per heavy atom. The van der Waals surface area contributed by atoms with E-state index in [4.69, 9.17) is 4.74 Å². The predicted molar refractivity (Wildman–Crippen MR) is 102 cm³/mol. The first-order valence-electron chi connectivity index (χ1n) is 10.2. The fraction of sp³-hybridized carbons (Fsp3) is 0.850. The van der Waals surface area contributed by atoms with Crippen LogP contribution >= 0.6 is 0 Å². The molecule has 7 nitrogen and oxygen atoms in total. The van der Waals surface area contributed by atoms with Gasteiger partial charge in [0.1, 0.15) is 6.04 Å². The zero-order chi connectivity index (χ0) is 20.4. The molecule has 0 radical (unpaired) electrons. The summed E-state index contributed by atoms with van der Waals surface area (Å²) in [4.78, 5) is 36.1. The Morgan fingerprint density at radius 3 is 2.41 bits per heavy atom. The summed E-state index contributed by atoms with van der Waals surface area (Å²) in [6.07, 6.45) is 6.59. The highest BCUT2D eigenvalue weighted by molar-refractivity contribution is 5.86. The van der Waals surface area contributed by atoms with Gasteiger partial charge in [-0.25, -0.2) is 9.86 Å². The van der Waals surface area contributed by atoms with Crippen molar-refractivity contribution in [2.75, 3.05) is 6.61 Å². The van der Waals surface area contributed by atoms with Crippen LogP contribution in [-0.2, 0) is 19.1 Å². The zero-order valence-electron chi connectivity index (χ0n) is 17.1. The molecule has 0 aromatic heterocycles. The number of nitrogens with one attached hydrogen (secondary N) is 1. The van der Waals surface area contributed by atoms with Crippen LogP contribution in [0, 0.1) is 17.8 Å². The number of carbonyl (C=O) groups excluding carboxylic acids is 3. The third-order valence-corrected chi connectivity index (χ3v) is 5.21. The van der Waals surface area contributed by atoms with Gasteiger partial charge in [-0.05, 0) is 44.4 Å². The molecule has 0 spiro atoms. The minimum absolute atomic E-state index is 0.199. The van der Waals surface area contributed by atoms with E-state index in [0.717, 1.165) is 19.3 Å². The summed E-state index contributed by atoms with van der Waals surface area (Å²) < 4.78 is 5.36. The molecule has 27 heavy (non-hydrogen) atoms. The average Bonchev–Trinajstić information content (AvgIpc) is 3.15. The number of carbonyl (C=O) groups is 3. The summed E-state index contributed by atoms with van der Waals surface area (Å²) in [6.45, 7) is 7.89. The molecule has 156 valence electrons.